The summed E-state index contributed by atoms with van der Waals surface area (Å²) in [7, 11) is 0. The lowest BCUT2D eigenvalue weighted by Gasteiger charge is -2.20. The Hall–Kier alpha value is -1.31. The number of aryl methyl sites for hydroxylation is 2. The van der Waals surface area contributed by atoms with Crippen LogP contribution in [0.1, 0.15) is 62.8 Å². The van der Waals surface area contributed by atoms with Crippen molar-refractivity contribution in [3.05, 3.63) is 34.9 Å². The van der Waals surface area contributed by atoms with Gasteiger partial charge in [0.1, 0.15) is 6.10 Å². The highest BCUT2D eigenvalue weighted by atomic mass is 16.5. The molecule has 0 spiro atoms. The van der Waals surface area contributed by atoms with Gasteiger partial charge in [-0.3, -0.25) is 4.79 Å². The molecule has 0 amide bonds. The predicted octanol–water partition coefficient (Wildman–Crippen LogP) is 4.22. The van der Waals surface area contributed by atoms with Crippen molar-refractivity contribution in [3.8, 4) is 0 Å². The number of carbonyl (C=O) groups is 1. The maximum absolute atomic E-state index is 11.8. The fraction of sp³-hybridized carbons (Fsp3) is 0.588. The largest absolute Gasteiger partial charge is 0.458 e. The van der Waals surface area contributed by atoms with Crippen LogP contribution in [0.5, 0.6) is 0 Å². The molecular formula is C17H24O2. The van der Waals surface area contributed by atoms with Gasteiger partial charge in [0, 0.05) is 0 Å². The summed E-state index contributed by atoms with van der Waals surface area (Å²) in [6, 6.07) is 6.54. The molecule has 0 heterocycles. The first-order valence-corrected chi connectivity index (χ1v) is 7.44. The van der Waals surface area contributed by atoms with Gasteiger partial charge in [0.25, 0.3) is 0 Å². The molecule has 2 heteroatoms. The van der Waals surface area contributed by atoms with Crippen molar-refractivity contribution in [2.45, 2.75) is 59.0 Å². The molecule has 2 unspecified atom stereocenters. The second kappa shape index (κ2) is 6.23. The Bertz CT molecular complexity index is 451. The van der Waals surface area contributed by atoms with Gasteiger partial charge in [0.15, 0.2) is 0 Å². The third kappa shape index (κ3) is 3.37. The molecule has 0 saturated heterocycles. The molecule has 1 aliphatic carbocycles. The van der Waals surface area contributed by atoms with E-state index in [2.05, 4.69) is 18.2 Å². The van der Waals surface area contributed by atoms with Crippen molar-refractivity contribution in [1.29, 1.82) is 0 Å². The highest BCUT2D eigenvalue weighted by Crippen LogP contribution is 2.26. The first kappa shape index (κ1) is 14.1. The van der Waals surface area contributed by atoms with E-state index in [9.17, 15) is 4.79 Å². The zero-order valence-electron chi connectivity index (χ0n) is 12.2. The van der Waals surface area contributed by atoms with E-state index >= 15 is 0 Å². The number of ether oxygens (including phenoxy) is 1. The van der Waals surface area contributed by atoms with Crippen molar-refractivity contribution >= 4 is 5.97 Å². The van der Waals surface area contributed by atoms with Crippen LogP contribution in [0.3, 0.4) is 0 Å². The van der Waals surface area contributed by atoms with Crippen LogP contribution in [0, 0.1) is 5.92 Å². The summed E-state index contributed by atoms with van der Waals surface area (Å²) in [6.45, 7) is 5.89. The number of hydrogen-bond donors (Lipinski definition) is 0. The average molecular weight is 260 g/mol. The minimum Gasteiger partial charge on any atom is -0.458 e. The SMILES string of the molecule is CCC(C)C(=O)OC(C)c1ccc2c(c1)CCCC2. The second-order valence-corrected chi connectivity index (χ2v) is 5.62. The fourth-order valence-electron chi connectivity index (χ4n) is 2.53. The Morgan fingerprint density at radius 3 is 2.58 bits per heavy atom. The van der Waals surface area contributed by atoms with Crippen LogP contribution in [0.25, 0.3) is 0 Å². The van der Waals surface area contributed by atoms with Crippen LogP contribution in [0.4, 0.5) is 0 Å². The molecule has 1 aromatic rings. The number of hydrogen-bond acceptors (Lipinski definition) is 2. The van der Waals surface area contributed by atoms with Gasteiger partial charge in [-0.2, -0.15) is 0 Å². The maximum Gasteiger partial charge on any atom is 0.309 e. The van der Waals surface area contributed by atoms with Crippen LogP contribution in [-0.4, -0.2) is 5.97 Å². The van der Waals surface area contributed by atoms with E-state index in [1.807, 2.05) is 20.8 Å². The van der Waals surface area contributed by atoms with Crippen LogP contribution in [0.2, 0.25) is 0 Å². The molecule has 2 atom stereocenters. The molecule has 0 bridgehead atoms. The summed E-state index contributed by atoms with van der Waals surface area (Å²) in [6.07, 6.45) is 5.61. The van der Waals surface area contributed by atoms with Gasteiger partial charge in [0.05, 0.1) is 5.92 Å². The first-order chi connectivity index (χ1) is 9.11. The van der Waals surface area contributed by atoms with Gasteiger partial charge in [-0.15, -0.1) is 0 Å². The molecule has 0 saturated carbocycles. The molecule has 2 nitrogen and oxygen atoms in total. The molecule has 1 aromatic carbocycles. The smallest absolute Gasteiger partial charge is 0.309 e. The third-order valence-corrected chi connectivity index (χ3v) is 4.15. The van der Waals surface area contributed by atoms with E-state index in [-0.39, 0.29) is 18.0 Å². The molecule has 0 radical (unpaired) electrons. The number of fused-ring (bicyclic) bond motifs is 1. The van der Waals surface area contributed by atoms with Gasteiger partial charge in [-0.1, -0.05) is 32.0 Å². The lowest BCUT2D eigenvalue weighted by atomic mass is 9.89. The molecule has 0 fully saturated rings. The van der Waals surface area contributed by atoms with Crippen molar-refractivity contribution in [3.63, 3.8) is 0 Å². The second-order valence-electron chi connectivity index (χ2n) is 5.62. The van der Waals surface area contributed by atoms with E-state index in [0.29, 0.717) is 0 Å². The Balaban J connectivity index is 2.07. The van der Waals surface area contributed by atoms with Gasteiger partial charge < -0.3 is 4.74 Å². The molecular weight excluding hydrogens is 236 g/mol. The van der Waals surface area contributed by atoms with Crippen molar-refractivity contribution < 1.29 is 9.53 Å². The molecule has 19 heavy (non-hydrogen) atoms. The van der Waals surface area contributed by atoms with E-state index in [0.717, 1.165) is 18.4 Å². The average Bonchev–Trinajstić information content (AvgIpc) is 2.45. The minimum atomic E-state index is -0.145. The Kier molecular flexibility index (Phi) is 4.62. The first-order valence-electron chi connectivity index (χ1n) is 7.44. The number of esters is 1. The summed E-state index contributed by atoms with van der Waals surface area (Å²) in [5, 5.41) is 0. The number of rotatable bonds is 4. The molecule has 0 aliphatic heterocycles. The van der Waals surface area contributed by atoms with E-state index in [1.54, 1.807) is 0 Å². The summed E-state index contributed by atoms with van der Waals surface area (Å²) in [4.78, 5) is 11.8. The van der Waals surface area contributed by atoms with Gasteiger partial charge in [-0.25, -0.2) is 0 Å². The summed E-state index contributed by atoms with van der Waals surface area (Å²) in [5.74, 6) is -0.104. The minimum absolute atomic E-state index is 0.0138. The van der Waals surface area contributed by atoms with Crippen LogP contribution >= 0.6 is 0 Å². The van der Waals surface area contributed by atoms with Crippen molar-refractivity contribution in [2.75, 3.05) is 0 Å². The molecule has 0 N–H and O–H groups in total. The maximum atomic E-state index is 11.8. The van der Waals surface area contributed by atoms with E-state index < -0.39 is 0 Å². The van der Waals surface area contributed by atoms with E-state index in [1.165, 1.54) is 30.4 Å². The zero-order chi connectivity index (χ0) is 13.8. The molecule has 1 aliphatic rings. The van der Waals surface area contributed by atoms with Crippen LogP contribution in [-0.2, 0) is 22.4 Å². The Morgan fingerprint density at radius 1 is 1.21 bits per heavy atom. The monoisotopic (exact) mass is 260 g/mol. The van der Waals surface area contributed by atoms with Gasteiger partial charge >= 0.3 is 5.97 Å². The van der Waals surface area contributed by atoms with Crippen LogP contribution in [0.15, 0.2) is 18.2 Å². The van der Waals surface area contributed by atoms with Crippen molar-refractivity contribution in [1.82, 2.24) is 0 Å². The molecule has 0 aromatic heterocycles. The highest BCUT2D eigenvalue weighted by molar-refractivity contribution is 5.72. The van der Waals surface area contributed by atoms with Gasteiger partial charge in [-0.05, 0) is 55.7 Å². The van der Waals surface area contributed by atoms with E-state index in [4.69, 9.17) is 4.74 Å². The Morgan fingerprint density at radius 2 is 1.89 bits per heavy atom. The highest BCUT2D eigenvalue weighted by Gasteiger charge is 2.18. The molecule has 104 valence electrons. The zero-order valence-corrected chi connectivity index (χ0v) is 12.2. The summed E-state index contributed by atoms with van der Waals surface area (Å²) < 4.78 is 5.54. The lowest BCUT2D eigenvalue weighted by Crippen LogP contribution is -2.16. The molecule has 2 rings (SSSR count). The summed E-state index contributed by atoms with van der Waals surface area (Å²) in [5.41, 5.74) is 4.03. The predicted molar refractivity (Wildman–Crippen MR) is 77.0 cm³/mol. The van der Waals surface area contributed by atoms with Crippen LogP contribution < -0.4 is 0 Å². The quantitative estimate of drug-likeness (QED) is 0.758. The standard InChI is InChI=1S/C17H24O2/c1-4-12(2)17(18)19-13(3)15-10-9-14-7-5-6-8-16(14)11-15/h9-13H,4-8H2,1-3H3. The lowest BCUT2D eigenvalue weighted by molar-refractivity contribution is -0.153. The Labute approximate surface area is 116 Å². The fourth-order valence-corrected chi connectivity index (χ4v) is 2.53. The van der Waals surface area contributed by atoms with Gasteiger partial charge in [0.2, 0.25) is 0 Å². The normalized spacial score (nSPS) is 17.4. The number of carbonyl (C=O) groups excluding carboxylic acids is 1. The summed E-state index contributed by atoms with van der Waals surface area (Å²) >= 11 is 0. The number of benzene rings is 1. The third-order valence-electron chi connectivity index (χ3n) is 4.15. The topological polar surface area (TPSA) is 26.3 Å². The van der Waals surface area contributed by atoms with Crippen molar-refractivity contribution in [2.24, 2.45) is 5.92 Å².